The molecule has 0 radical (unpaired) electrons. The summed E-state index contributed by atoms with van der Waals surface area (Å²) in [4.78, 5) is 16.9. The maximum atomic E-state index is 12.4. The summed E-state index contributed by atoms with van der Waals surface area (Å²) in [6.07, 6.45) is 5.14. The summed E-state index contributed by atoms with van der Waals surface area (Å²) in [6.45, 7) is 3.86. The lowest BCUT2D eigenvalue weighted by Crippen LogP contribution is -2.44. The number of hydrogen-bond acceptors (Lipinski definition) is 4. The molecule has 0 fully saturated rings. The number of carbonyl (C=O) groups excluding carboxylic acids is 1. The molecule has 0 unspecified atom stereocenters. The van der Waals surface area contributed by atoms with Crippen molar-refractivity contribution in [1.29, 1.82) is 0 Å². The number of hydrogen-bond donors (Lipinski definition) is 1. The molecule has 0 saturated heterocycles. The lowest BCUT2D eigenvalue weighted by atomic mass is 10.1. The van der Waals surface area contributed by atoms with Crippen LogP contribution in [0, 0.1) is 0 Å². The number of pyridine rings is 1. The predicted molar refractivity (Wildman–Crippen MR) is 103 cm³/mol. The SMILES string of the molecule is CCCn1cc(CCNC(=O)[C@@H]2COc3ccccc3O2)c2cccnc21. The zero-order chi connectivity index (χ0) is 18.6. The summed E-state index contributed by atoms with van der Waals surface area (Å²) in [7, 11) is 0. The van der Waals surface area contributed by atoms with E-state index in [4.69, 9.17) is 9.47 Å². The number of nitrogens with one attached hydrogen (secondary N) is 1. The fourth-order valence-corrected chi connectivity index (χ4v) is 3.39. The molecule has 2 aromatic heterocycles. The predicted octanol–water partition coefficient (Wildman–Crippen LogP) is 2.95. The molecule has 0 aliphatic carbocycles. The Kier molecular flexibility index (Phi) is 4.96. The molecule has 0 bridgehead atoms. The standard InChI is InChI=1S/C21H23N3O3/c1-2-12-24-13-15(16-6-5-10-22-20(16)24)9-11-23-21(25)19-14-26-17-7-3-4-8-18(17)27-19/h3-8,10,13,19H,2,9,11-12,14H2,1H3,(H,23,25)/t19-/m0/s1. The van der Waals surface area contributed by atoms with Gasteiger partial charge in [0.05, 0.1) is 0 Å². The summed E-state index contributed by atoms with van der Waals surface area (Å²) in [5.74, 6) is 1.13. The molecule has 1 aliphatic heterocycles. The van der Waals surface area contributed by atoms with Gasteiger partial charge in [-0.1, -0.05) is 19.1 Å². The molecule has 0 saturated carbocycles. The maximum absolute atomic E-state index is 12.4. The fraction of sp³-hybridized carbons (Fsp3) is 0.333. The van der Waals surface area contributed by atoms with E-state index < -0.39 is 6.10 Å². The monoisotopic (exact) mass is 365 g/mol. The molecule has 3 aromatic rings. The fourth-order valence-electron chi connectivity index (χ4n) is 3.39. The molecule has 4 rings (SSSR count). The minimum atomic E-state index is -0.622. The second kappa shape index (κ2) is 7.70. The number of rotatable bonds is 6. The molecule has 0 spiro atoms. The van der Waals surface area contributed by atoms with Crippen molar-refractivity contribution in [3.05, 3.63) is 54.4 Å². The van der Waals surface area contributed by atoms with Crippen LogP contribution in [0.1, 0.15) is 18.9 Å². The van der Waals surface area contributed by atoms with Crippen LogP contribution < -0.4 is 14.8 Å². The number of para-hydroxylation sites is 2. The van der Waals surface area contributed by atoms with Crippen LogP contribution in [0.15, 0.2) is 48.8 Å². The van der Waals surface area contributed by atoms with Gasteiger partial charge in [-0.05, 0) is 42.7 Å². The molecular weight excluding hydrogens is 342 g/mol. The molecule has 1 amide bonds. The zero-order valence-corrected chi connectivity index (χ0v) is 15.4. The van der Waals surface area contributed by atoms with Crippen molar-refractivity contribution in [2.75, 3.05) is 13.2 Å². The smallest absolute Gasteiger partial charge is 0.264 e. The van der Waals surface area contributed by atoms with Gasteiger partial charge in [0.15, 0.2) is 11.5 Å². The van der Waals surface area contributed by atoms with E-state index in [0.29, 0.717) is 18.0 Å². The van der Waals surface area contributed by atoms with Gasteiger partial charge in [-0.15, -0.1) is 0 Å². The number of amides is 1. The van der Waals surface area contributed by atoms with Crippen molar-refractivity contribution in [2.45, 2.75) is 32.4 Å². The maximum Gasteiger partial charge on any atom is 0.264 e. The highest BCUT2D eigenvalue weighted by Gasteiger charge is 2.26. The van der Waals surface area contributed by atoms with E-state index >= 15 is 0 Å². The van der Waals surface area contributed by atoms with Crippen molar-refractivity contribution in [3.63, 3.8) is 0 Å². The van der Waals surface area contributed by atoms with Gasteiger partial charge in [0, 0.05) is 30.9 Å². The zero-order valence-electron chi connectivity index (χ0n) is 15.4. The van der Waals surface area contributed by atoms with Crippen molar-refractivity contribution in [1.82, 2.24) is 14.9 Å². The molecular formula is C21H23N3O3. The van der Waals surface area contributed by atoms with E-state index in [2.05, 4.69) is 34.1 Å². The first-order valence-electron chi connectivity index (χ1n) is 9.35. The number of fused-ring (bicyclic) bond motifs is 2. The molecule has 6 nitrogen and oxygen atoms in total. The van der Waals surface area contributed by atoms with Gasteiger partial charge >= 0.3 is 0 Å². The summed E-state index contributed by atoms with van der Waals surface area (Å²) in [5, 5.41) is 4.11. The molecule has 140 valence electrons. The average molecular weight is 365 g/mol. The van der Waals surface area contributed by atoms with Gasteiger partial charge in [-0.25, -0.2) is 4.98 Å². The molecule has 1 aromatic carbocycles. The van der Waals surface area contributed by atoms with Gasteiger partial charge in [0.1, 0.15) is 12.3 Å². The number of ether oxygens (including phenoxy) is 2. The normalized spacial score (nSPS) is 15.7. The Morgan fingerprint density at radius 3 is 2.96 bits per heavy atom. The van der Waals surface area contributed by atoms with Crippen molar-refractivity contribution >= 4 is 16.9 Å². The second-order valence-electron chi connectivity index (χ2n) is 6.63. The van der Waals surface area contributed by atoms with Crippen LogP contribution in [-0.2, 0) is 17.8 Å². The summed E-state index contributed by atoms with van der Waals surface area (Å²) < 4.78 is 13.5. The third-order valence-corrected chi connectivity index (χ3v) is 4.68. The second-order valence-corrected chi connectivity index (χ2v) is 6.63. The van der Waals surface area contributed by atoms with Crippen LogP contribution in [0.3, 0.4) is 0 Å². The molecule has 27 heavy (non-hydrogen) atoms. The van der Waals surface area contributed by atoms with E-state index in [9.17, 15) is 4.79 Å². The van der Waals surface area contributed by atoms with E-state index in [1.807, 2.05) is 36.5 Å². The highest BCUT2D eigenvalue weighted by atomic mass is 16.6. The van der Waals surface area contributed by atoms with Crippen molar-refractivity contribution in [2.24, 2.45) is 0 Å². The number of nitrogens with zero attached hydrogens (tertiary/aromatic N) is 2. The topological polar surface area (TPSA) is 65.4 Å². The Balaban J connectivity index is 1.38. The largest absolute Gasteiger partial charge is 0.485 e. The molecule has 3 heterocycles. The van der Waals surface area contributed by atoms with Gasteiger partial charge in [0.2, 0.25) is 6.10 Å². The molecule has 1 aliphatic rings. The molecule has 6 heteroatoms. The lowest BCUT2D eigenvalue weighted by molar-refractivity contribution is -0.130. The van der Waals surface area contributed by atoms with Crippen molar-refractivity contribution in [3.8, 4) is 11.5 Å². The molecule has 1 atom stereocenters. The first kappa shape index (κ1) is 17.4. The lowest BCUT2D eigenvalue weighted by Gasteiger charge is -2.25. The Hall–Kier alpha value is -3.02. The van der Waals surface area contributed by atoms with Crippen LogP contribution in [0.2, 0.25) is 0 Å². The summed E-state index contributed by atoms with van der Waals surface area (Å²) in [5.41, 5.74) is 2.19. The van der Waals surface area contributed by atoms with Crippen LogP contribution in [0.25, 0.3) is 11.0 Å². The summed E-state index contributed by atoms with van der Waals surface area (Å²) in [6, 6.07) is 11.4. The van der Waals surface area contributed by atoms with Crippen LogP contribution >= 0.6 is 0 Å². The highest BCUT2D eigenvalue weighted by Crippen LogP contribution is 2.30. The third kappa shape index (κ3) is 3.60. The van der Waals surface area contributed by atoms with E-state index in [0.717, 1.165) is 30.4 Å². The highest BCUT2D eigenvalue weighted by molar-refractivity contribution is 5.82. The number of carbonyl (C=O) groups is 1. The first-order valence-corrected chi connectivity index (χ1v) is 9.35. The Morgan fingerprint density at radius 2 is 2.11 bits per heavy atom. The molecule has 1 N–H and O–H groups in total. The van der Waals surface area contributed by atoms with Crippen LogP contribution in [0.4, 0.5) is 0 Å². The van der Waals surface area contributed by atoms with Crippen molar-refractivity contribution < 1.29 is 14.3 Å². The van der Waals surface area contributed by atoms with E-state index in [1.54, 1.807) is 0 Å². The number of benzene rings is 1. The van der Waals surface area contributed by atoms with Gasteiger partial charge < -0.3 is 19.4 Å². The first-order chi connectivity index (χ1) is 13.3. The minimum absolute atomic E-state index is 0.153. The summed E-state index contributed by atoms with van der Waals surface area (Å²) >= 11 is 0. The van der Waals surface area contributed by atoms with Crippen LogP contribution in [0.5, 0.6) is 11.5 Å². The van der Waals surface area contributed by atoms with Crippen LogP contribution in [-0.4, -0.2) is 34.7 Å². The number of aromatic nitrogens is 2. The quantitative estimate of drug-likeness (QED) is 0.729. The Bertz CT molecular complexity index is 951. The van der Waals surface area contributed by atoms with E-state index in [-0.39, 0.29) is 12.5 Å². The average Bonchev–Trinajstić information content (AvgIpc) is 3.06. The Morgan fingerprint density at radius 1 is 1.26 bits per heavy atom. The number of aryl methyl sites for hydroxylation is 1. The minimum Gasteiger partial charge on any atom is -0.485 e. The third-order valence-electron chi connectivity index (χ3n) is 4.68. The van der Waals surface area contributed by atoms with Gasteiger partial charge in [-0.3, -0.25) is 4.79 Å². The van der Waals surface area contributed by atoms with E-state index in [1.165, 1.54) is 5.56 Å². The van der Waals surface area contributed by atoms with Gasteiger partial charge in [-0.2, -0.15) is 0 Å². The Labute approximate surface area is 158 Å². The van der Waals surface area contributed by atoms with Gasteiger partial charge in [0.25, 0.3) is 5.91 Å².